The van der Waals surface area contributed by atoms with Crippen LogP contribution in [0.5, 0.6) is 0 Å². The van der Waals surface area contributed by atoms with Crippen molar-refractivity contribution in [2.24, 2.45) is 0 Å². The normalized spacial score (nSPS) is 22.2. The molecule has 2 fully saturated rings. The fourth-order valence-corrected chi connectivity index (χ4v) is 3.10. The molecule has 0 aliphatic carbocycles. The largest absolute Gasteiger partial charge is 0.494 e. The molecule has 0 unspecified atom stereocenters. The molecule has 2 aliphatic heterocycles. The predicted molar refractivity (Wildman–Crippen MR) is 91.6 cm³/mol. The molecule has 130 valence electrons. The average molecular weight is 333 g/mol. The van der Waals surface area contributed by atoms with Gasteiger partial charge in [-0.05, 0) is 57.6 Å². The van der Waals surface area contributed by atoms with E-state index in [0.29, 0.717) is 5.56 Å². The van der Waals surface area contributed by atoms with Crippen LogP contribution in [0.15, 0.2) is 18.2 Å². The Labute approximate surface area is 143 Å². The van der Waals surface area contributed by atoms with Crippen LogP contribution in [0.2, 0.25) is 0 Å². The minimum Gasteiger partial charge on any atom is -0.399 e. The molecule has 1 aromatic rings. The summed E-state index contributed by atoms with van der Waals surface area (Å²) in [4.78, 5) is 14.1. The van der Waals surface area contributed by atoms with Crippen LogP contribution in [0.4, 0.5) is 4.39 Å². The van der Waals surface area contributed by atoms with E-state index >= 15 is 0 Å². The van der Waals surface area contributed by atoms with Gasteiger partial charge in [0.15, 0.2) is 0 Å². The number of halogens is 1. The molecule has 0 spiro atoms. The number of carbonyl (C=O) groups excluding carboxylic acids is 1. The SMILES string of the molecule is CC1(C)OB(c2ccc(F)c(CC(=O)N3CCCC3)c2)OC1(C)C. The molecule has 4 nitrogen and oxygen atoms in total. The van der Waals surface area contributed by atoms with Gasteiger partial charge >= 0.3 is 7.12 Å². The fraction of sp³-hybridized carbons (Fsp3) is 0.611. The maximum absolute atomic E-state index is 14.2. The van der Waals surface area contributed by atoms with E-state index in [9.17, 15) is 9.18 Å². The van der Waals surface area contributed by atoms with Gasteiger partial charge in [-0.1, -0.05) is 12.1 Å². The first-order valence-corrected chi connectivity index (χ1v) is 8.61. The lowest BCUT2D eigenvalue weighted by molar-refractivity contribution is -0.129. The van der Waals surface area contributed by atoms with Crippen molar-refractivity contribution in [1.29, 1.82) is 0 Å². The van der Waals surface area contributed by atoms with E-state index in [0.717, 1.165) is 31.4 Å². The van der Waals surface area contributed by atoms with Crippen LogP contribution < -0.4 is 5.46 Å². The van der Waals surface area contributed by atoms with Crippen LogP contribution >= 0.6 is 0 Å². The number of carbonyl (C=O) groups is 1. The molecule has 1 amide bonds. The van der Waals surface area contributed by atoms with Crippen molar-refractivity contribution in [3.05, 3.63) is 29.6 Å². The fourth-order valence-electron chi connectivity index (χ4n) is 3.10. The summed E-state index contributed by atoms with van der Waals surface area (Å²) in [5.41, 5.74) is 0.258. The zero-order valence-corrected chi connectivity index (χ0v) is 14.9. The third kappa shape index (κ3) is 3.22. The molecule has 24 heavy (non-hydrogen) atoms. The van der Waals surface area contributed by atoms with Crippen molar-refractivity contribution in [2.45, 2.75) is 58.2 Å². The molecular formula is C18H25BFNO3. The van der Waals surface area contributed by atoms with Gasteiger partial charge in [0.25, 0.3) is 0 Å². The topological polar surface area (TPSA) is 38.8 Å². The lowest BCUT2D eigenvalue weighted by Gasteiger charge is -2.32. The number of amides is 1. The molecule has 2 saturated heterocycles. The Morgan fingerprint density at radius 3 is 2.33 bits per heavy atom. The van der Waals surface area contributed by atoms with Crippen molar-refractivity contribution in [3.63, 3.8) is 0 Å². The van der Waals surface area contributed by atoms with Crippen LogP contribution in [-0.2, 0) is 20.5 Å². The van der Waals surface area contributed by atoms with Crippen LogP contribution in [0.1, 0.15) is 46.1 Å². The summed E-state index contributed by atoms with van der Waals surface area (Å²) in [6.45, 7) is 9.47. The van der Waals surface area contributed by atoms with Crippen molar-refractivity contribution in [1.82, 2.24) is 4.90 Å². The Kier molecular flexibility index (Phi) is 4.47. The highest BCUT2D eigenvalue weighted by Gasteiger charge is 2.51. The number of rotatable bonds is 3. The number of nitrogens with zero attached hydrogens (tertiary/aromatic N) is 1. The molecule has 1 aromatic carbocycles. The van der Waals surface area contributed by atoms with Crippen LogP contribution in [0, 0.1) is 5.82 Å². The first-order chi connectivity index (χ1) is 11.2. The molecule has 6 heteroatoms. The second-order valence-corrected chi connectivity index (χ2v) is 7.70. The molecule has 0 atom stereocenters. The van der Waals surface area contributed by atoms with Crippen molar-refractivity contribution in [2.75, 3.05) is 13.1 Å². The quantitative estimate of drug-likeness (QED) is 0.797. The Hall–Kier alpha value is -1.40. The third-order valence-corrected chi connectivity index (χ3v) is 5.40. The Morgan fingerprint density at radius 2 is 1.75 bits per heavy atom. The van der Waals surface area contributed by atoms with Gasteiger partial charge in [-0.3, -0.25) is 4.79 Å². The lowest BCUT2D eigenvalue weighted by Crippen LogP contribution is -2.41. The molecule has 0 radical (unpaired) electrons. The first kappa shape index (κ1) is 17.4. The van der Waals surface area contributed by atoms with Gasteiger partial charge < -0.3 is 14.2 Å². The van der Waals surface area contributed by atoms with E-state index in [1.807, 2.05) is 27.7 Å². The summed E-state index contributed by atoms with van der Waals surface area (Å²) < 4.78 is 26.2. The van der Waals surface area contributed by atoms with E-state index < -0.39 is 18.3 Å². The van der Waals surface area contributed by atoms with Gasteiger partial charge in [0, 0.05) is 13.1 Å². The van der Waals surface area contributed by atoms with E-state index in [1.54, 1.807) is 17.0 Å². The van der Waals surface area contributed by atoms with E-state index in [1.165, 1.54) is 6.07 Å². The van der Waals surface area contributed by atoms with Crippen LogP contribution in [0.25, 0.3) is 0 Å². The lowest BCUT2D eigenvalue weighted by atomic mass is 9.78. The molecule has 0 aromatic heterocycles. The van der Waals surface area contributed by atoms with Gasteiger partial charge in [-0.25, -0.2) is 4.39 Å². The van der Waals surface area contributed by atoms with Gasteiger partial charge in [-0.2, -0.15) is 0 Å². The third-order valence-electron chi connectivity index (χ3n) is 5.40. The number of benzene rings is 1. The second kappa shape index (κ2) is 6.15. The summed E-state index contributed by atoms with van der Waals surface area (Å²) in [6, 6.07) is 4.76. The maximum atomic E-state index is 14.2. The standard InChI is InChI=1S/C18H25BFNO3/c1-17(2)18(3,4)24-19(23-17)14-7-8-15(20)13(11-14)12-16(22)21-9-5-6-10-21/h7-8,11H,5-6,9-10,12H2,1-4H3. The molecule has 2 aliphatic rings. The van der Waals surface area contributed by atoms with Crippen molar-refractivity contribution < 1.29 is 18.5 Å². The number of hydrogen-bond donors (Lipinski definition) is 0. The minimum absolute atomic E-state index is 0.0162. The molecule has 0 N–H and O–H groups in total. The van der Waals surface area contributed by atoms with E-state index in [4.69, 9.17) is 9.31 Å². The van der Waals surface area contributed by atoms with Gasteiger partial charge in [0.05, 0.1) is 17.6 Å². The average Bonchev–Trinajstić information content (AvgIpc) is 3.08. The molecule has 3 rings (SSSR count). The van der Waals surface area contributed by atoms with Crippen LogP contribution in [0.3, 0.4) is 0 Å². The molecular weight excluding hydrogens is 308 g/mol. The highest BCUT2D eigenvalue weighted by atomic mass is 19.1. The Balaban J connectivity index is 1.78. The van der Waals surface area contributed by atoms with Gasteiger partial charge in [0.2, 0.25) is 5.91 Å². The Bertz CT molecular complexity index is 625. The zero-order chi connectivity index (χ0) is 17.5. The number of likely N-dealkylation sites (tertiary alicyclic amines) is 1. The van der Waals surface area contributed by atoms with Crippen molar-refractivity contribution >= 4 is 18.5 Å². The first-order valence-electron chi connectivity index (χ1n) is 8.61. The summed E-state index contributed by atoms with van der Waals surface area (Å²) >= 11 is 0. The highest BCUT2D eigenvalue weighted by molar-refractivity contribution is 6.62. The second-order valence-electron chi connectivity index (χ2n) is 7.70. The molecule has 2 heterocycles. The molecule has 0 bridgehead atoms. The zero-order valence-electron chi connectivity index (χ0n) is 14.9. The highest BCUT2D eigenvalue weighted by Crippen LogP contribution is 2.36. The monoisotopic (exact) mass is 333 g/mol. The maximum Gasteiger partial charge on any atom is 0.494 e. The minimum atomic E-state index is -0.545. The summed E-state index contributed by atoms with van der Waals surface area (Å²) in [5, 5.41) is 0. The van der Waals surface area contributed by atoms with Gasteiger partial charge in [-0.15, -0.1) is 0 Å². The smallest absolute Gasteiger partial charge is 0.399 e. The summed E-state index contributed by atoms with van der Waals surface area (Å²) in [5.74, 6) is -0.375. The van der Waals surface area contributed by atoms with E-state index in [2.05, 4.69) is 0 Å². The van der Waals surface area contributed by atoms with Crippen molar-refractivity contribution in [3.8, 4) is 0 Å². The van der Waals surface area contributed by atoms with Crippen LogP contribution in [-0.4, -0.2) is 42.2 Å². The van der Waals surface area contributed by atoms with Gasteiger partial charge in [0.1, 0.15) is 5.82 Å². The summed E-state index contributed by atoms with van der Waals surface area (Å²) in [6.07, 6.45) is 2.14. The predicted octanol–water partition coefficient (Wildman–Crippen LogP) is 2.29. The molecule has 0 saturated carbocycles. The number of hydrogen-bond acceptors (Lipinski definition) is 3. The summed E-state index contributed by atoms with van der Waals surface area (Å²) in [7, 11) is -0.545. The van der Waals surface area contributed by atoms with E-state index in [-0.39, 0.29) is 18.1 Å². The Morgan fingerprint density at radius 1 is 1.17 bits per heavy atom.